The maximum absolute atomic E-state index is 13.7. The van der Waals surface area contributed by atoms with Crippen LogP contribution in [0.3, 0.4) is 0 Å². The van der Waals surface area contributed by atoms with E-state index in [0.717, 1.165) is 5.57 Å². The van der Waals surface area contributed by atoms with Gasteiger partial charge in [0.2, 0.25) is 5.83 Å². The lowest BCUT2D eigenvalue weighted by molar-refractivity contribution is -0.140. The molecule has 0 atom stereocenters. The first-order valence-electron chi connectivity index (χ1n) is 8.95. The van der Waals surface area contributed by atoms with Crippen LogP contribution >= 0.6 is 0 Å². The molecule has 0 fully saturated rings. The quantitative estimate of drug-likeness (QED) is 0.317. The molecule has 0 amide bonds. The van der Waals surface area contributed by atoms with E-state index < -0.39 is 11.8 Å². The lowest BCUT2D eigenvalue weighted by atomic mass is 9.72. The van der Waals surface area contributed by atoms with Crippen LogP contribution in [0.15, 0.2) is 58.5 Å². The second-order valence-corrected chi connectivity index (χ2v) is 7.25. The normalized spacial score (nSPS) is 19.6. The molecule has 0 saturated carbocycles. The summed E-state index contributed by atoms with van der Waals surface area (Å²) in [6.07, 6.45) is 13.2. The Morgan fingerprint density at radius 2 is 1.96 bits per heavy atom. The summed E-state index contributed by atoms with van der Waals surface area (Å²) in [5.74, 6) is -1.75. The van der Waals surface area contributed by atoms with E-state index in [1.54, 1.807) is 26.0 Å². The van der Waals surface area contributed by atoms with Crippen LogP contribution in [0.5, 0.6) is 0 Å². The van der Waals surface area contributed by atoms with E-state index in [0.29, 0.717) is 0 Å². The molecule has 0 bridgehead atoms. The summed E-state index contributed by atoms with van der Waals surface area (Å²) in [6, 6.07) is 0. The lowest BCUT2D eigenvalue weighted by Crippen LogP contribution is -2.19. The van der Waals surface area contributed by atoms with E-state index in [4.69, 9.17) is 0 Å². The summed E-state index contributed by atoms with van der Waals surface area (Å²) in [4.78, 5) is 11.3. The Hall–Kier alpha value is -1.90. The third-order valence-electron chi connectivity index (χ3n) is 4.56. The molecule has 2 nitrogen and oxygen atoms in total. The summed E-state index contributed by atoms with van der Waals surface area (Å²) in [5.41, 5.74) is 4.43. The van der Waals surface area contributed by atoms with E-state index >= 15 is 0 Å². The van der Waals surface area contributed by atoms with Crippen molar-refractivity contribution >= 4 is 5.97 Å². The first kappa shape index (κ1) is 21.1. The fourth-order valence-electron chi connectivity index (χ4n) is 3.05. The number of hydrogen-bond acceptors (Lipinski definition) is 2. The number of hydrogen-bond donors (Lipinski definition) is 0. The molecule has 25 heavy (non-hydrogen) atoms. The Morgan fingerprint density at radius 1 is 1.28 bits per heavy atom. The van der Waals surface area contributed by atoms with Crippen molar-refractivity contribution in [2.45, 2.75) is 60.8 Å². The predicted molar refractivity (Wildman–Crippen MR) is 103 cm³/mol. The predicted octanol–water partition coefficient (Wildman–Crippen LogP) is 6.38. The second-order valence-electron chi connectivity index (χ2n) is 7.25. The standard InChI is InChI=1S/C22H31FO2/c1-7-25-21(24)20(23)18(4)11-8-10-16(2)13-14-19-17(3)12-9-15-22(19,5)6/h8,10-11,13-14H,7,9,12,15H2,1-6H3/b11-8+,14-13+,16-10-,20-18+. The highest BCUT2D eigenvalue weighted by Gasteiger charge is 2.26. The molecule has 0 heterocycles. The molecule has 0 N–H and O–H groups in total. The van der Waals surface area contributed by atoms with Crippen molar-refractivity contribution in [2.75, 3.05) is 6.61 Å². The van der Waals surface area contributed by atoms with Crippen LogP contribution in [-0.4, -0.2) is 12.6 Å². The molecule has 0 saturated heterocycles. The van der Waals surface area contributed by atoms with Gasteiger partial charge in [0.1, 0.15) is 0 Å². The fraction of sp³-hybridized carbons (Fsp3) is 0.500. The molecular formula is C22H31FO2. The number of allylic oxidation sites excluding steroid dienone is 9. The van der Waals surface area contributed by atoms with Gasteiger partial charge in [-0.15, -0.1) is 0 Å². The third-order valence-corrected chi connectivity index (χ3v) is 4.56. The lowest BCUT2D eigenvalue weighted by Gasteiger charge is -2.32. The Morgan fingerprint density at radius 3 is 2.56 bits per heavy atom. The summed E-state index contributed by atoms with van der Waals surface area (Å²) < 4.78 is 18.4. The molecule has 0 radical (unpaired) electrons. The van der Waals surface area contributed by atoms with E-state index in [1.807, 2.05) is 13.0 Å². The minimum atomic E-state index is -0.910. The summed E-state index contributed by atoms with van der Waals surface area (Å²) in [5, 5.41) is 0. The van der Waals surface area contributed by atoms with Crippen LogP contribution in [0.2, 0.25) is 0 Å². The van der Waals surface area contributed by atoms with Crippen LogP contribution in [0, 0.1) is 5.41 Å². The van der Waals surface area contributed by atoms with Gasteiger partial charge in [0.15, 0.2) is 0 Å². The highest BCUT2D eigenvalue weighted by Crippen LogP contribution is 2.40. The zero-order valence-electron chi connectivity index (χ0n) is 16.4. The zero-order valence-corrected chi connectivity index (χ0v) is 16.4. The van der Waals surface area contributed by atoms with Gasteiger partial charge in [-0.05, 0) is 63.5 Å². The molecule has 0 aromatic carbocycles. The van der Waals surface area contributed by atoms with Crippen molar-refractivity contribution in [3.05, 3.63) is 58.5 Å². The van der Waals surface area contributed by atoms with Crippen molar-refractivity contribution in [1.82, 2.24) is 0 Å². The van der Waals surface area contributed by atoms with Gasteiger partial charge >= 0.3 is 5.97 Å². The van der Waals surface area contributed by atoms with Crippen molar-refractivity contribution in [1.29, 1.82) is 0 Å². The number of ether oxygens (including phenoxy) is 1. The molecule has 0 unspecified atom stereocenters. The Kier molecular flexibility index (Phi) is 8.08. The Balaban J connectivity index is 2.82. The van der Waals surface area contributed by atoms with Crippen LogP contribution in [-0.2, 0) is 9.53 Å². The average molecular weight is 346 g/mol. The van der Waals surface area contributed by atoms with Crippen molar-refractivity contribution in [2.24, 2.45) is 5.41 Å². The van der Waals surface area contributed by atoms with Crippen molar-refractivity contribution in [3.63, 3.8) is 0 Å². The smallest absolute Gasteiger partial charge is 0.367 e. The van der Waals surface area contributed by atoms with Gasteiger partial charge in [-0.3, -0.25) is 0 Å². The number of esters is 1. The Labute approximate surface area is 151 Å². The van der Waals surface area contributed by atoms with Crippen molar-refractivity contribution < 1.29 is 13.9 Å². The SMILES string of the molecule is CCOC(=O)\C(F)=C(C)/C=C/C=C(C)\C=C\C1=C(C)CCCC1(C)C. The summed E-state index contributed by atoms with van der Waals surface area (Å²) in [7, 11) is 0. The molecule has 0 spiro atoms. The van der Waals surface area contributed by atoms with Crippen LogP contribution in [0.4, 0.5) is 4.39 Å². The third kappa shape index (κ3) is 6.49. The zero-order chi connectivity index (χ0) is 19.0. The molecule has 0 aromatic heterocycles. The molecule has 1 rings (SSSR count). The number of halogens is 1. The number of rotatable bonds is 6. The van der Waals surface area contributed by atoms with Gasteiger partial charge in [0.05, 0.1) is 6.61 Å². The van der Waals surface area contributed by atoms with Gasteiger partial charge in [-0.25, -0.2) is 4.79 Å². The topological polar surface area (TPSA) is 26.3 Å². The largest absolute Gasteiger partial charge is 0.461 e. The summed E-state index contributed by atoms with van der Waals surface area (Å²) >= 11 is 0. The van der Waals surface area contributed by atoms with Crippen LogP contribution < -0.4 is 0 Å². The Bertz CT molecular complexity index is 643. The molecule has 1 aliphatic carbocycles. The maximum Gasteiger partial charge on any atom is 0.367 e. The van der Waals surface area contributed by atoms with Crippen molar-refractivity contribution in [3.8, 4) is 0 Å². The van der Waals surface area contributed by atoms with Gasteiger partial charge in [-0.1, -0.05) is 55.4 Å². The first-order chi connectivity index (χ1) is 11.7. The van der Waals surface area contributed by atoms with E-state index in [2.05, 4.69) is 37.7 Å². The van der Waals surface area contributed by atoms with Crippen LogP contribution in [0.25, 0.3) is 0 Å². The van der Waals surface area contributed by atoms with Gasteiger partial charge < -0.3 is 4.74 Å². The number of carbonyl (C=O) groups excluding carboxylic acids is 1. The molecule has 1 aliphatic rings. The van der Waals surface area contributed by atoms with Gasteiger partial charge in [0.25, 0.3) is 0 Å². The number of carbonyl (C=O) groups is 1. The fourth-order valence-corrected chi connectivity index (χ4v) is 3.05. The first-order valence-corrected chi connectivity index (χ1v) is 8.95. The summed E-state index contributed by atoms with van der Waals surface area (Å²) in [6.45, 7) is 12.2. The minimum Gasteiger partial charge on any atom is -0.461 e. The van der Waals surface area contributed by atoms with Crippen LogP contribution in [0.1, 0.15) is 60.8 Å². The molecule has 0 aliphatic heterocycles. The highest BCUT2D eigenvalue weighted by atomic mass is 19.1. The molecular weight excluding hydrogens is 315 g/mol. The molecule has 138 valence electrons. The monoisotopic (exact) mass is 346 g/mol. The average Bonchev–Trinajstić information content (AvgIpc) is 2.53. The van der Waals surface area contributed by atoms with E-state index in [1.165, 1.54) is 30.4 Å². The van der Waals surface area contributed by atoms with E-state index in [9.17, 15) is 9.18 Å². The maximum atomic E-state index is 13.7. The second kappa shape index (κ2) is 9.55. The molecule has 0 aromatic rings. The highest BCUT2D eigenvalue weighted by molar-refractivity contribution is 5.87. The van der Waals surface area contributed by atoms with E-state index in [-0.39, 0.29) is 17.6 Å². The molecule has 3 heteroatoms. The minimum absolute atomic E-state index is 0.165. The van der Waals surface area contributed by atoms with Gasteiger partial charge in [-0.2, -0.15) is 4.39 Å². The van der Waals surface area contributed by atoms with Gasteiger partial charge in [0, 0.05) is 0 Å².